The number of piperazine rings is 1. The predicted molar refractivity (Wildman–Crippen MR) is 80.8 cm³/mol. The Balaban J connectivity index is 0.00000162. The molecular weight excluding hydrogens is 316 g/mol. The number of nitrogens with zero attached hydrogens (tertiary/aromatic N) is 1. The third-order valence-corrected chi connectivity index (χ3v) is 3.58. The summed E-state index contributed by atoms with van der Waals surface area (Å²) in [5, 5.41) is 3.39. The summed E-state index contributed by atoms with van der Waals surface area (Å²) in [5.74, 6) is 0.933. The zero-order valence-corrected chi connectivity index (χ0v) is 13.0. The van der Waals surface area contributed by atoms with Gasteiger partial charge in [-0.2, -0.15) is 0 Å². The number of ether oxygens (including phenoxy) is 1. The molecule has 1 aromatic carbocycles. The summed E-state index contributed by atoms with van der Waals surface area (Å²) in [4.78, 5) is 2.47. The van der Waals surface area contributed by atoms with Crippen LogP contribution in [0.15, 0.2) is 28.7 Å². The Labute approximate surface area is 123 Å². The fraction of sp³-hybridized carbons (Fsp3) is 0.538. The van der Waals surface area contributed by atoms with Crippen LogP contribution in [0.3, 0.4) is 0 Å². The van der Waals surface area contributed by atoms with Crippen LogP contribution in [0.4, 0.5) is 0 Å². The van der Waals surface area contributed by atoms with Crippen LogP contribution in [-0.4, -0.2) is 43.7 Å². The maximum Gasteiger partial charge on any atom is 0.120 e. The van der Waals surface area contributed by atoms with Crippen LogP contribution >= 0.6 is 28.3 Å². The zero-order valence-electron chi connectivity index (χ0n) is 10.6. The highest BCUT2D eigenvalue weighted by Gasteiger charge is 2.16. The molecule has 1 saturated heterocycles. The van der Waals surface area contributed by atoms with E-state index >= 15 is 0 Å². The highest BCUT2D eigenvalue weighted by atomic mass is 79.9. The number of hydrogen-bond donors (Lipinski definition) is 1. The summed E-state index contributed by atoms with van der Waals surface area (Å²) in [5.41, 5.74) is 0. The monoisotopic (exact) mass is 334 g/mol. The molecule has 1 heterocycles. The maximum atomic E-state index is 5.75. The molecule has 1 fully saturated rings. The third-order valence-electron chi connectivity index (χ3n) is 3.08. The van der Waals surface area contributed by atoms with Gasteiger partial charge >= 0.3 is 0 Å². The van der Waals surface area contributed by atoms with Crippen molar-refractivity contribution in [3.05, 3.63) is 28.7 Å². The van der Waals surface area contributed by atoms with Gasteiger partial charge in [-0.1, -0.05) is 22.0 Å². The largest absolute Gasteiger partial charge is 0.492 e. The van der Waals surface area contributed by atoms with Gasteiger partial charge in [0.25, 0.3) is 0 Å². The molecule has 0 aromatic heterocycles. The molecule has 2 rings (SSSR count). The van der Waals surface area contributed by atoms with Gasteiger partial charge in [0.1, 0.15) is 12.4 Å². The van der Waals surface area contributed by atoms with Crippen LogP contribution in [-0.2, 0) is 0 Å². The topological polar surface area (TPSA) is 24.5 Å². The van der Waals surface area contributed by atoms with Gasteiger partial charge in [-0.15, -0.1) is 12.4 Å². The maximum absolute atomic E-state index is 5.75. The van der Waals surface area contributed by atoms with E-state index in [1.165, 1.54) is 0 Å². The first-order chi connectivity index (χ1) is 8.25. The summed E-state index contributed by atoms with van der Waals surface area (Å²) in [6.07, 6.45) is 0. The van der Waals surface area contributed by atoms with E-state index in [1.54, 1.807) is 0 Å². The summed E-state index contributed by atoms with van der Waals surface area (Å²) in [6.45, 7) is 7.28. The molecule has 1 N–H and O–H groups in total. The Morgan fingerprint density at radius 3 is 3.06 bits per heavy atom. The molecule has 0 saturated carbocycles. The standard InChI is InChI=1S/C13H19BrN2O.ClH/c1-11-10-15-5-6-16(11)7-8-17-13-4-2-3-12(14)9-13;/h2-4,9,11,15H,5-8,10H2,1H3;1H. The van der Waals surface area contributed by atoms with Gasteiger partial charge < -0.3 is 10.1 Å². The SMILES string of the molecule is CC1CNCCN1CCOc1cccc(Br)c1.Cl. The van der Waals surface area contributed by atoms with E-state index in [1.807, 2.05) is 24.3 Å². The van der Waals surface area contributed by atoms with Gasteiger partial charge in [0.15, 0.2) is 0 Å². The fourth-order valence-electron chi connectivity index (χ4n) is 2.05. The van der Waals surface area contributed by atoms with Crippen molar-refractivity contribution < 1.29 is 4.74 Å². The first kappa shape index (κ1) is 15.8. The van der Waals surface area contributed by atoms with Gasteiger partial charge in [-0.3, -0.25) is 4.90 Å². The summed E-state index contributed by atoms with van der Waals surface area (Å²) < 4.78 is 6.81. The number of halogens is 2. The molecule has 1 aliphatic heterocycles. The zero-order chi connectivity index (χ0) is 12.1. The van der Waals surface area contributed by atoms with Crippen molar-refractivity contribution in [2.24, 2.45) is 0 Å². The summed E-state index contributed by atoms with van der Waals surface area (Å²) in [7, 11) is 0. The molecule has 102 valence electrons. The van der Waals surface area contributed by atoms with Crippen molar-refractivity contribution >= 4 is 28.3 Å². The van der Waals surface area contributed by atoms with Crippen LogP contribution in [0, 0.1) is 0 Å². The Morgan fingerprint density at radius 2 is 2.33 bits per heavy atom. The number of benzene rings is 1. The van der Waals surface area contributed by atoms with Crippen molar-refractivity contribution in [3.8, 4) is 5.75 Å². The molecule has 18 heavy (non-hydrogen) atoms. The molecular formula is C13H20BrClN2O. The Morgan fingerprint density at radius 1 is 1.50 bits per heavy atom. The first-order valence-corrected chi connectivity index (χ1v) is 6.88. The van der Waals surface area contributed by atoms with Gasteiger partial charge in [-0.25, -0.2) is 0 Å². The van der Waals surface area contributed by atoms with Crippen LogP contribution < -0.4 is 10.1 Å². The van der Waals surface area contributed by atoms with Gasteiger partial charge in [0.2, 0.25) is 0 Å². The normalized spacial score (nSPS) is 20.2. The lowest BCUT2D eigenvalue weighted by Gasteiger charge is -2.33. The van der Waals surface area contributed by atoms with E-state index in [-0.39, 0.29) is 12.4 Å². The molecule has 1 aliphatic rings. The molecule has 0 bridgehead atoms. The van der Waals surface area contributed by atoms with Crippen LogP contribution in [0.2, 0.25) is 0 Å². The van der Waals surface area contributed by atoms with Gasteiger partial charge in [-0.05, 0) is 25.1 Å². The van der Waals surface area contributed by atoms with Crippen LogP contribution in [0.5, 0.6) is 5.75 Å². The van der Waals surface area contributed by atoms with Crippen molar-refractivity contribution in [1.29, 1.82) is 0 Å². The van der Waals surface area contributed by atoms with Crippen LogP contribution in [0.25, 0.3) is 0 Å². The van der Waals surface area contributed by atoms with Gasteiger partial charge in [0, 0.05) is 36.7 Å². The van der Waals surface area contributed by atoms with E-state index in [9.17, 15) is 0 Å². The third kappa shape index (κ3) is 4.76. The average Bonchev–Trinajstić information content (AvgIpc) is 2.32. The lowest BCUT2D eigenvalue weighted by Crippen LogP contribution is -2.50. The molecule has 0 amide bonds. The second kappa shape index (κ2) is 8.00. The number of rotatable bonds is 4. The smallest absolute Gasteiger partial charge is 0.120 e. The van der Waals surface area contributed by atoms with Crippen molar-refractivity contribution in [2.45, 2.75) is 13.0 Å². The molecule has 1 unspecified atom stereocenters. The fourth-order valence-corrected chi connectivity index (χ4v) is 2.43. The van der Waals surface area contributed by atoms with E-state index in [2.05, 4.69) is 33.1 Å². The van der Waals surface area contributed by atoms with E-state index < -0.39 is 0 Å². The molecule has 3 nitrogen and oxygen atoms in total. The lowest BCUT2D eigenvalue weighted by atomic mass is 10.2. The van der Waals surface area contributed by atoms with E-state index in [0.29, 0.717) is 6.04 Å². The quantitative estimate of drug-likeness (QED) is 0.915. The lowest BCUT2D eigenvalue weighted by molar-refractivity contribution is 0.143. The highest BCUT2D eigenvalue weighted by molar-refractivity contribution is 9.10. The van der Waals surface area contributed by atoms with Crippen molar-refractivity contribution in [3.63, 3.8) is 0 Å². The molecule has 1 aromatic rings. The second-order valence-electron chi connectivity index (χ2n) is 4.39. The van der Waals surface area contributed by atoms with Crippen molar-refractivity contribution in [2.75, 3.05) is 32.8 Å². The van der Waals surface area contributed by atoms with Crippen molar-refractivity contribution in [1.82, 2.24) is 10.2 Å². The predicted octanol–water partition coefficient (Wildman–Crippen LogP) is 2.54. The average molecular weight is 336 g/mol. The molecule has 0 aliphatic carbocycles. The summed E-state index contributed by atoms with van der Waals surface area (Å²) >= 11 is 3.44. The molecule has 0 radical (unpaired) electrons. The second-order valence-corrected chi connectivity index (χ2v) is 5.31. The van der Waals surface area contributed by atoms with E-state index in [4.69, 9.17) is 4.74 Å². The Bertz CT molecular complexity index is 365. The summed E-state index contributed by atoms with van der Waals surface area (Å²) in [6, 6.07) is 8.60. The van der Waals surface area contributed by atoms with Gasteiger partial charge in [0.05, 0.1) is 0 Å². The molecule has 1 atom stereocenters. The number of hydrogen-bond acceptors (Lipinski definition) is 3. The molecule has 5 heteroatoms. The number of nitrogens with one attached hydrogen (secondary N) is 1. The first-order valence-electron chi connectivity index (χ1n) is 6.09. The Hall–Kier alpha value is -0.290. The Kier molecular flexibility index (Phi) is 7.00. The minimum absolute atomic E-state index is 0. The molecule has 0 spiro atoms. The van der Waals surface area contributed by atoms with E-state index in [0.717, 1.165) is 43.0 Å². The van der Waals surface area contributed by atoms with Crippen LogP contribution in [0.1, 0.15) is 6.92 Å². The minimum Gasteiger partial charge on any atom is -0.492 e. The highest BCUT2D eigenvalue weighted by Crippen LogP contribution is 2.17. The minimum atomic E-state index is 0.